The predicted molar refractivity (Wildman–Crippen MR) is 73.2 cm³/mol. The molecule has 0 aromatic rings. The third kappa shape index (κ3) is 4.25. The average Bonchev–Trinajstić information content (AvgIpc) is 2.76. The molecule has 0 aromatic carbocycles. The Labute approximate surface area is 111 Å². The maximum atomic E-state index is 11.9. The largest absolute Gasteiger partial charge is 0.370 e. The molecule has 18 heavy (non-hydrogen) atoms. The number of ether oxygens (including phenoxy) is 1. The Morgan fingerprint density at radius 1 is 1.39 bits per heavy atom. The molecule has 1 saturated carbocycles. The summed E-state index contributed by atoms with van der Waals surface area (Å²) in [6, 6.07) is 0. The van der Waals surface area contributed by atoms with Crippen LogP contribution in [0.25, 0.3) is 0 Å². The van der Waals surface area contributed by atoms with Crippen molar-refractivity contribution in [1.82, 2.24) is 5.32 Å². The van der Waals surface area contributed by atoms with E-state index in [9.17, 15) is 4.79 Å². The average molecular weight is 256 g/mol. The van der Waals surface area contributed by atoms with Crippen molar-refractivity contribution in [3.05, 3.63) is 0 Å². The Morgan fingerprint density at radius 2 is 2.00 bits per heavy atom. The van der Waals surface area contributed by atoms with Crippen molar-refractivity contribution in [3.8, 4) is 0 Å². The summed E-state index contributed by atoms with van der Waals surface area (Å²) < 4.78 is 5.05. The van der Waals surface area contributed by atoms with Gasteiger partial charge in [0.05, 0.1) is 0 Å². The molecule has 106 valence electrons. The molecule has 1 atom stereocenters. The molecule has 0 heterocycles. The molecule has 3 N–H and O–H groups in total. The summed E-state index contributed by atoms with van der Waals surface area (Å²) in [6.45, 7) is 5.50. The van der Waals surface area contributed by atoms with Crippen LogP contribution in [0.2, 0.25) is 0 Å². The molecular formula is C14H28N2O2. The Hall–Kier alpha value is -0.610. The molecule has 1 amide bonds. The van der Waals surface area contributed by atoms with Crippen molar-refractivity contribution < 1.29 is 9.53 Å². The lowest BCUT2D eigenvalue weighted by Crippen LogP contribution is -2.45. The van der Waals surface area contributed by atoms with Crippen molar-refractivity contribution >= 4 is 5.91 Å². The lowest BCUT2D eigenvalue weighted by Gasteiger charge is -2.31. The summed E-state index contributed by atoms with van der Waals surface area (Å²) in [6.07, 6.45) is 5.70. The van der Waals surface area contributed by atoms with E-state index < -0.39 is 6.10 Å². The van der Waals surface area contributed by atoms with E-state index in [1.54, 1.807) is 0 Å². The molecule has 0 saturated heterocycles. The zero-order valence-electron chi connectivity index (χ0n) is 12.0. The van der Waals surface area contributed by atoms with Gasteiger partial charge in [-0.2, -0.15) is 0 Å². The molecule has 0 aliphatic heterocycles. The van der Waals surface area contributed by atoms with E-state index in [1.165, 1.54) is 39.2 Å². The van der Waals surface area contributed by atoms with Gasteiger partial charge in [0.1, 0.15) is 6.10 Å². The first kappa shape index (κ1) is 15.4. The lowest BCUT2D eigenvalue weighted by atomic mass is 9.78. The molecule has 0 radical (unpaired) electrons. The molecule has 0 bridgehead atoms. The second-order valence-electron chi connectivity index (χ2n) is 5.98. The Bertz CT molecular complexity index is 257. The third-order valence-corrected chi connectivity index (χ3v) is 3.93. The van der Waals surface area contributed by atoms with Gasteiger partial charge in [-0.25, -0.2) is 0 Å². The maximum Gasteiger partial charge on any atom is 0.250 e. The quantitative estimate of drug-likeness (QED) is 0.728. The number of methoxy groups -OCH3 is 1. The minimum absolute atomic E-state index is 0.0740. The van der Waals surface area contributed by atoms with Crippen LogP contribution in [0.3, 0.4) is 0 Å². The number of amides is 1. The van der Waals surface area contributed by atoms with E-state index in [0.717, 1.165) is 6.54 Å². The molecular weight excluding hydrogens is 228 g/mol. The number of hydrogen-bond acceptors (Lipinski definition) is 3. The van der Waals surface area contributed by atoms with Gasteiger partial charge in [0, 0.05) is 20.2 Å². The molecule has 1 rings (SSSR count). The zero-order chi connectivity index (χ0) is 13.6. The molecule has 4 nitrogen and oxygen atoms in total. The van der Waals surface area contributed by atoms with Gasteiger partial charge in [-0.3, -0.25) is 4.79 Å². The Morgan fingerprint density at radius 3 is 2.44 bits per heavy atom. The van der Waals surface area contributed by atoms with Crippen LogP contribution in [0.4, 0.5) is 0 Å². The summed E-state index contributed by atoms with van der Waals surface area (Å²) in [5.41, 5.74) is 5.80. The number of carbonyl (C=O) groups excluding carboxylic acids is 1. The van der Waals surface area contributed by atoms with Gasteiger partial charge in [-0.1, -0.05) is 26.7 Å². The van der Waals surface area contributed by atoms with E-state index in [4.69, 9.17) is 10.5 Å². The summed E-state index contributed by atoms with van der Waals surface area (Å²) in [4.78, 5) is 11.9. The highest BCUT2D eigenvalue weighted by atomic mass is 16.5. The fourth-order valence-electron chi connectivity index (χ4n) is 3.14. The molecule has 1 unspecified atom stereocenters. The van der Waals surface area contributed by atoms with Gasteiger partial charge in [-0.15, -0.1) is 0 Å². The van der Waals surface area contributed by atoms with E-state index in [0.29, 0.717) is 11.3 Å². The minimum atomic E-state index is -0.512. The Balaban J connectivity index is 2.50. The fraction of sp³-hybridized carbons (Fsp3) is 0.929. The molecule has 1 fully saturated rings. The van der Waals surface area contributed by atoms with Crippen LogP contribution in [-0.4, -0.2) is 32.2 Å². The van der Waals surface area contributed by atoms with Gasteiger partial charge >= 0.3 is 0 Å². The van der Waals surface area contributed by atoms with Crippen LogP contribution in [0.15, 0.2) is 0 Å². The number of carbonyl (C=O) groups is 1. The van der Waals surface area contributed by atoms with Crippen LogP contribution in [0, 0.1) is 11.3 Å². The molecule has 4 heteroatoms. The topological polar surface area (TPSA) is 64.3 Å². The molecule has 0 aromatic heterocycles. The van der Waals surface area contributed by atoms with Crippen LogP contribution in [-0.2, 0) is 9.53 Å². The molecule has 1 aliphatic carbocycles. The molecule has 1 aliphatic rings. The summed E-state index contributed by atoms with van der Waals surface area (Å²) in [5.74, 6) is 0.600. The van der Waals surface area contributed by atoms with E-state index in [-0.39, 0.29) is 12.5 Å². The Kier molecular flexibility index (Phi) is 6.09. The number of rotatable bonds is 7. The first-order chi connectivity index (χ1) is 8.53. The van der Waals surface area contributed by atoms with Gasteiger partial charge in [0.25, 0.3) is 0 Å². The number of nitrogens with two attached hydrogens (primary N) is 1. The highest BCUT2D eigenvalue weighted by molar-refractivity contribution is 5.81. The minimum Gasteiger partial charge on any atom is -0.370 e. The first-order valence-corrected chi connectivity index (χ1v) is 7.03. The second kappa shape index (κ2) is 7.10. The number of nitrogens with one attached hydrogen (secondary N) is 1. The van der Waals surface area contributed by atoms with Crippen molar-refractivity contribution in [2.45, 2.75) is 52.1 Å². The van der Waals surface area contributed by atoms with Crippen LogP contribution < -0.4 is 11.1 Å². The van der Waals surface area contributed by atoms with Crippen molar-refractivity contribution in [3.63, 3.8) is 0 Å². The van der Waals surface area contributed by atoms with Gasteiger partial charge in [-0.05, 0) is 30.6 Å². The van der Waals surface area contributed by atoms with Crippen molar-refractivity contribution in [2.24, 2.45) is 17.1 Å². The summed E-state index contributed by atoms with van der Waals surface area (Å²) in [7, 11) is 1.52. The zero-order valence-corrected chi connectivity index (χ0v) is 12.0. The summed E-state index contributed by atoms with van der Waals surface area (Å²) in [5, 5.41) is 3.03. The standard InChI is InChI=1S/C14H28N2O2/c1-11(2)8-14(6-4-5-7-14)10-16-13(17)12(9-15)18-3/h11-12H,4-10,15H2,1-3H3,(H,16,17). The highest BCUT2D eigenvalue weighted by Gasteiger charge is 2.35. The normalized spacial score (nSPS) is 20.1. The smallest absolute Gasteiger partial charge is 0.250 e. The fourth-order valence-corrected chi connectivity index (χ4v) is 3.14. The maximum absolute atomic E-state index is 11.9. The summed E-state index contributed by atoms with van der Waals surface area (Å²) >= 11 is 0. The van der Waals surface area contributed by atoms with Crippen LogP contribution in [0.5, 0.6) is 0 Å². The SMILES string of the molecule is COC(CN)C(=O)NCC1(CC(C)C)CCCC1. The third-order valence-electron chi connectivity index (χ3n) is 3.93. The van der Waals surface area contributed by atoms with Crippen molar-refractivity contribution in [1.29, 1.82) is 0 Å². The van der Waals surface area contributed by atoms with Gasteiger partial charge in [0.15, 0.2) is 0 Å². The lowest BCUT2D eigenvalue weighted by molar-refractivity contribution is -0.131. The first-order valence-electron chi connectivity index (χ1n) is 7.03. The number of hydrogen-bond donors (Lipinski definition) is 2. The second-order valence-corrected chi connectivity index (χ2v) is 5.98. The van der Waals surface area contributed by atoms with Gasteiger partial charge in [0.2, 0.25) is 5.91 Å². The highest BCUT2D eigenvalue weighted by Crippen LogP contribution is 2.42. The molecule has 0 spiro atoms. The monoisotopic (exact) mass is 256 g/mol. The van der Waals surface area contributed by atoms with E-state index in [1.807, 2.05) is 0 Å². The van der Waals surface area contributed by atoms with E-state index >= 15 is 0 Å². The van der Waals surface area contributed by atoms with Crippen LogP contribution >= 0.6 is 0 Å². The van der Waals surface area contributed by atoms with Crippen molar-refractivity contribution in [2.75, 3.05) is 20.2 Å². The van der Waals surface area contributed by atoms with Crippen LogP contribution in [0.1, 0.15) is 46.0 Å². The van der Waals surface area contributed by atoms with E-state index in [2.05, 4.69) is 19.2 Å². The van der Waals surface area contributed by atoms with Gasteiger partial charge < -0.3 is 15.8 Å². The predicted octanol–water partition coefficient (Wildman–Crippen LogP) is 1.68.